The SMILES string of the molecule is C=C(Nc1nc2cc(C(=O)N(C)C3CCCCC3)ccc2n1CCC(N)=O)c1ccc(F)cc1.C=C(Nc1nc2cc(C(=O)N(CC)C3CCCCC3)ccc2n1CCC(N)=O)c1ccccc1.C=CCN(C(=O)c1ccc2c(c1)nc(NC(=C)c1ccccc1)n2CCC(N)=O)C1CCCCC1.COc1ccc(C(=O)Nc2nc3cc(C(=O)N(C)C4CCCCC4)ccc3n2CCC(N)=O)cc1. The quantitative estimate of drug-likeness (QED) is 0.0171. The number of carbonyl (C=O) groups is 9. The third-order valence-electron chi connectivity index (χ3n) is 26.2. The monoisotopic (exact) mass is 1870 g/mol. The molecule has 4 aliphatic rings. The Morgan fingerprint density at radius 2 is 0.659 bits per heavy atom. The molecule has 8 aromatic carbocycles. The van der Waals surface area contributed by atoms with E-state index in [1.165, 1.54) is 50.7 Å². The van der Waals surface area contributed by atoms with Crippen molar-refractivity contribution in [2.24, 2.45) is 22.9 Å². The van der Waals surface area contributed by atoms with Crippen molar-refractivity contribution in [2.45, 2.75) is 211 Å². The van der Waals surface area contributed by atoms with Gasteiger partial charge in [-0.25, -0.2) is 24.3 Å². The molecule has 9 amide bonds. The lowest BCUT2D eigenvalue weighted by Crippen LogP contribution is -2.41. The molecular weight excluding hydrogens is 1740 g/mol. The van der Waals surface area contributed by atoms with E-state index >= 15 is 0 Å². The number of amides is 9. The van der Waals surface area contributed by atoms with Gasteiger partial charge < -0.3 is 81.5 Å². The van der Waals surface area contributed by atoms with Crippen LogP contribution in [0.3, 0.4) is 0 Å². The van der Waals surface area contributed by atoms with E-state index in [9.17, 15) is 47.5 Å². The normalized spacial score (nSPS) is 14.1. The number of methoxy groups -OCH3 is 1. The molecule has 0 spiro atoms. The number of primary amides is 4. The summed E-state index contributed by atoms with van der Waals surface area (Å²) in [5.74, 6) is 0.146. The minimum absolute atomic E-state index is 0.00593. The van der Waals surface area contributed by atoms with E-state index in [-0.39, 0.29) is 103 Å². The number of fused-ring (bicyclic) bond motifs is 4. The molecule has 0 unspecified atom stereocenters. The van der Waals surface area contributed by atoms with Crippen molar-refractivity contribution in [3.05, 3.63) is 265 Å². The Morgan fingerprint density at radius 3 is 0.971 bits per heavy atom. The highest BCUT2D eigenvalue weighted by Gasteiger charge is 2.32. The van der Waals surface area contributed by atoms with E-state index in [0.717, 1.165) is 118 Å². The first-order valence-electron chi connectivity index (χ1n) is 47.8. The summed E-state index contributed by atoms with van der Waals surface area (Å²) in [6, 6.07) is 55.1. The van der Waals surface area contributed by atoms with E-state index in [0.29, 0.717) is 140 Å². The predicted octanol–water partition coefficient (Wildman–Crippen LogP) is 17.9. The predicted molar refractivity (Wildman–Crippen MR) is 542 cm³/mol. The maximum Gasteiger partial charge on any atom is 0.257 e. The zero-order valence-electron chi connectivity index (χ0n) is 79.4. The van der Waals surface area contributed by atoms with Gasteiger partial charge in [-0.05, 0) is 184 Å². The van der Waals surface area contributed by atoms with Gasteiger partial charge in [0.1, 0.15) is 11.6 Å². The molecule has 138 heavy (non-hydrogen) atoms. The fourth-order valence-electron chi connectivity index (χ4n) is 18.6. The van der Waals surface area contributed by atoms with Crippen LogP contribution < -0.4 is 48.9 Å². The molecule has 722 valence electrons. The topological polar surface area (TPSA) is 399 Å². The van der Waals surface area contributed by atoms with E-state index in [4.69, 9.17) is 37.6 Å². The first kappa shape index (κ1) is 100. The van der Waals surface area contributed by atoms with Gasteiger partial charge in [0, 0.05) is 148 Å². The standard InChI is InChI=1S/C28H33N5O2.C27H33N5O2.C26H30FN5O2.C26H31N5O4/c1-3-17-32(23-12-8-5-9-13-23)27(35)22-14-15-25-24(19-22)31-28(33(25)18-16-26(29)34)30-20(2)21-10-6-4-7-11-21;1-3-31(22-12-8-5-9-13-22)26(34)21-14-15-24-23(18-21)30-27(32(24)17-16-25(28)33)29-19(2)20-10-6-4-7-11-20;1-17(18-8-11-20(27)12-9-18)29-26-30-22-16-19(10-13-23(22)32(26)15-14-24(28)33)25(34)31(2)21-6-4-3-5-7-21;1-30(19-6-4-3-5-7-19)25(34)18-10-13-22-21(16-18)28-26(31(22)15-14-23(27)32)29-24(33)17-8-11-20(35-2)12-9-17/h3-4,6-7,10-11,14-15,19,23H,1-2,5,8-9,12-13,16-18H2,(H2,29,34)(H,30,31);4,6-7,10-11,14-15,18,22H,2-3,5,8-9,12-13,16-17H2,1H3,(H2,28,33)(H,29,30);8-13,16,21H,1,3-7,14-15H2,2H3,(H2,28,33)(H,29,30);8-13,16,19H,3-7,14-15H2,1-2H3,(H2,27,32)(H,28,29,33). The summed E-state index contributed by atoms with van der Waals surface area (Å²) in [7, 11) is 5.28. The molecule has 0 radical (unpaired) electrons. The largest absolute Gasteiger partial charge is 0.497 e. The number of hydrogen-bond acceptors (Lipinski definition) is 17. The van der Waals surface area contributed by atoms with Crippen LogP contribution in [0.2, 0.25) is 0 Å². The smallest absolute Gasteiger partial charge is 0.257 e. The first-order valence-corrected chi connectivity index (χ1v) is 47.8. The Labute approximate surface area is 804 Å². The number of anilines is 4. The minimum atomic E-state index is -0.458. The average molecular weight is 1870 g/mol. The van der Waals surface area contributed by atoms with Crippen molar-refractivity contribution >= 4 is 138 Å². The lowest BCUT2D eigenvalue weighted by molar-refractivity contribution is -0.119. The number of halogens is 1. The highest BCUT2D eigenvalue weighted by Crippen LogP contribution is 2.35. The van der Waals surface area contributed by atoms with Crippen LogP contribution in [0.1, 0.15) is 230 Å². The number of carbonyl (C=O) groups excluding carboxylic acids is 9. The number of ether oxygens (including phenoxy) is 1. The number of nitrogens with zero attached hydrogens (tertiary/aromatic N) is 12. The van der Waals surface area contributed by atoms with Gasteiger partial charge in [0.15, 0.2) is 0 Å². The summed E-state index contributed by atoms with van der Waals surface area (Å²) >= 11 is 0. The summed E-state index contributed by atoms with van der Waals surface area (Å²) in [5, 5.41) is 12.6. The van der Waals surface area contributed by atoms with Crippen LogP contribution in [-0.4, -0.2) is 169 Å². The minimum Gasteiger partial charge on any atom is -0.497 e. The van der Waals surface area contributed by atoms with Crippen LogP contribution >= 0.6 is 0 Å². The Morgan fingerprint density at radius 1 is 0.377 bits per heavy atom. The molecule has 31 heteroatoms. The Kier molecular flexibility index (Phi) is 34.9. The summed E-state index contributed by atoms with van der Waals surface area (Å²) in [5.41, 5.74) is 34.5. The number of nitrogens with two attached hydrogens (primary N) is 4. The molecule has 4 heterocycles. The number of aromatic nitrogens is 8. The molecule has 16 rings (SSSR count). The Balaban J connectivity index is 0.000000155. The van der Waals surface area contributed by atoms with Gasteiger partial charge in [0.25, 0.3) is 29.5 Å². The van der Waals surface area contributed by atoms with Crippen molar-refractivity contribution in [3.63, 3.8) is 0 Å². The van der Waals surface area contributed by atoms with Gasteiger partial charge in [0.2, 0.25) is 47.4 Å². The number of imidazole rings is 4. The molecule has 30 nitrogen and oxygen atoms in total. The van der Waals surface area contributed by atoms with Crippen LogP contribution in [0.15, 0.2) is 214 Å². The fourth-order valence-corrected chi connectivity index (χ4v) is 18.6. The maximum atomic E-state index is 13.5. The van der Waals surface area contributed by atoms with Gasteiger partial charge in [-0.3, -0.25) is 48.5 Å². The van der Waals surface area contributed by atoms with E-state index in [1.807, 2.05) is 157 Å². The fraction of sp³-hybridized carbons (Fsp3) is 0.355. The second-order valence-electron chi connectivity index (χ2n) is 35.6. The summed E-state index contributed by atoms with van der Waals surface area (Å²) in [6.45, 7) is 20.8. The van der Waals surface area contributed by atoms with Gasteiger partial charge >= 0.3 is 0 Å². The zero-order chi connectivity index (χ0) is 98.1. The van der Waals surface area contributed by atoms with Crippen molar-refractivity contribution in [2.75, 3.05) is 55.6 Å². The van der Waals surface area contributed by atoms with Gasteiger partial charge in [-0.2, -0.15) is 0 Å². The molecule has 4 aliphatic carbocycles. The van der Waals surface area contributed by atoms with Crippen molar-refractivity contribution < 1.29 is 52.3 Å². The van der Waals surface area contributed by atoms with E-state index in [1.54, 1.807) is 84.5 Å². The Hall–Kier alpha value is -15.0. The van der Waals surface area contributed by atoms with Gasteiger partial charge in [0.05, 0.1) is 51.2 Å². The summed E-state index contributed by atoms with van der Waals surface area (Å²) in [6.07, 6.45) is 24.8. The number of nitrogens with one attached hydrogen (secondary N) is 4. The molecule has 12 N–H and O–H groups in total. The van der Waals surface area contributed by atoms with E-state index in [2.05, 4.69) is 57.6 Å². The number of benzene rings is 8. The van der Waals surface area contributed by atoms with Crippen molar-refractivity contribution in [1.29, 1.82) is 0 Å². The maximum absolute atomic E-state index is 13.5. The average Bonchev–Trinajstić information content (AvgIpc) is 1.64. The highest BCUT2D eigenvalue weighted by atomic mass is 19.1. The van der Waals surface area contributed by atoms with Crippen LogP contribution in [0.5, 0.6) is 5.75 Å². The van der Waals surface area contributed by atoms with Crippen LogP contribution in [0.25, 0.3) is 61.2 Å². The molecule has 0 aliphatic heterocycles. The highest BCUT2D eigenvalue weighted by molar-refractivity contribution is 6.05. The number of aryl methyl sites for hydroxylation is 4. The molecule has 4 saturated carbocycles. The van der Waals surface area contributed by atoms with Gasteiger partial charge in [-0.15, -0.1) is 6.58 Å². The third-order valence-corrected chi connectivity index (χ3v) is 26.2. The molecule has 4 fully saturated rings. The molecule has 0 bridgehead atoms. The third kappa shape index (κ3) is 25.8. The van der Waals surface area contributed by atoms with Crippen molar-refractivity contribution in [1.82, 2.24) is 57.8 Å². The van der Waals surface area contributed by atoms with Crippen LogP contribution in [0.4, 0.5) is 28.2 Å². The molecule has 0 atom stereocenters. The van der Waals surface area contributed by atoms with E-state index < -0.39 is 11.8 Å². The lowest BCUT2D eigenvalue weighted by atomic mass is 9.93. The zero-order valence-corrected chi connectivity index (χ0v) is 79.4. The van der Waals surface area contributed by atoms with Crippen LogP contribution in [0, 0.1) is 5.82 Å². The molecule has 0 saturated heterocycles. The molecule has 4 aromatic heterocycles. The molecule has 12 aromatic rings. The van der Waals surface area contributed by atoms with Crippen molar-refractivity contribution in [3.8, 4) is 5.75 Å². The first-order chi connectivity index (χ1) is 66.6. The number of hydrogen-bond donors (Lipinski definition) is 8. The van der Waals surface area contributed by atoms with Crippen LogP contribution in [-0.2, 0) is 45.4 Å². The second kappa shape index (κ2) is 47.9. The number of rotatable bonds is 35. The second-order valence-corrected chi connectivity index (χ2v) is 35.6. The lowest BCUT2D eigenvalue weighted by Gasteiger charge is -2.33. The summed E-state index contributed by atoms with van der Waals surface area (Å²) < 4.78 is 25.8. The van der Waals surface area contributed by atoms with Gasteiger partial charge in [-0.1, -0.05) is 176 Å². The summed E-state index contributed by atoms with van der Waals surface area (Å²) in [4.78, 5) is 138. The Bertz CT molecular complexity index is 6360. The molecular formula is C107H127FN20O10.